The number of methoxy groups -OCH3 is 2. The van der Waals surface area contributed by atoms with Crippen LogP contribution in [0.1, 0.15) is 36.9 Å². The summed E-state index contributed by atoms with van der Waals surface area (Å²) in [6, 6.07) is 10.6. The van der Waals surface area contributed by atoms with Crippen LogP contribution >= 0.6 is 0 Å². The number of carbonyl (C=O) groups excluding carboxylic acids is 2. The molecule has 0 spiro atoms. The van der Waals surface area contributed by atoms with E-state index in [0.717, 1.165) is 11.4 Å². The molecule has 0 aliphatic carbocycles. The van der Waals surface area contributed by atoms with Crippen LogP contribution in [0, 0.1) is 17.2 Å². The van der Waals surface area contributed by atoms with Gasteiger partial charge in [0.05, 0.1) is 31.7 Å². The van der Waals surface area contributed by atoms with Gasteiger partial charge in [-0.25, -0.2) is 4.98 Å². The molecule has 1 atom stereocenters. The monoisotopic (exact) mass is 452 g/mol. The van der Waals surface area contributed by atoms with E-state index in [1.54, 1.807) is 44.6 Å². The summed E-state index contributed by atoms with van der Waals surface area (Å²) in [7, 11) is 3.13. The number of nitriles is 1. The highest BCUT2D eigenvalue weighted by molar-refractivity contribution is 5.81. The van der Waals surface area contributed by atoms with Crippen LogP contribution in [-0.4, -0.2) is 50.8 Å². The first kappa shape index (κ1) is 23.9. The van der Waals surface area contributed by atoms with Crippen LogP contribution < -0.4 is 19.7 Å². The van der Waals surface area contributed by atoms with E-state index in [4.69, 9.17) is 19.5 Å². The number of amides is 1. The fourth-order valence-corrected chi connectivity index (χ4v) is 3.78. The maximum absolute atomic E-state index is 12.5. The number of pyridine rings is 1. The van der Waals surface area contributed by atoms with E-state index in [2.05, 4.69) is 15.2 Å². The lowest BCUT2D eigenvalue weighted by Crippen LogP contribution is -2.38. The molecule has 1 saturated heterocycles. The Kier molecular flexibility index (Phi) is 8.08. The molecule has 2 aromatic rings. The van der Waals surface area contributed by atoms with Gasteiger partial charge in [0.1, 0.15) is 23.4 Å². The molecule has 2 heterocycles. The van der Waals surface area contributed by atoms with E-state index in [0.29, 0.717) is 43.0 Å². The Morgan fingerprint density at radius 3 is 2.58 bits per heavy atom. The Balaban J connectivity index is 1.46. The number of carbonyl (C=O) groups is 2. The largest absolute Gasteiger partial charge is 0.497 e. The molecular weight excluding hydrogens is 424 g/mol. The molecule has 0 radical (unpaired) electrons. The maximum Gasteiger partial charge on any atom is 0.309 e. The highest BCUT2D eigenvalue weighted by Gasteiger charge is 2.27. The van der Waals surface area contributed by atoms with Crippen LogP contribution in [0.5, 0.6) is 11.5 Å². The number of piperidine rings is 1. The number of benzene rings is 1. The molecule has 174 valence electrons. The van der Waals surface area contributed by atoms with Crippen LogP contribution in [0.2, 0.25) is 0 Å². The zero-order valence-electron chi connectivity index (χ0n) is 19.0. The van der Waals surface area contributed by atoms with Crippen molar-refractivity contribution in [3.63, 3.8) is 0 Å². The zero-order valence-corrected chi connectivity index (χ0v) is 19.0. The number of ether oxygens (including phenoxy) is 3. The van der Waals surface area contributed by atoms with Gasteiger partial charge >= 0.3 is 5.97 Å². The van der Waals surface area contributed by atoms with Crippen LogP contribution in [0.25, 0.3) is 0 Å². The number of anilines is 1. The van der Waals surface area contributed by atoms with Crippen LogP contribution in [-0.2, 0) is 14.3 Å². The quantitative estimate of drug-likeness (QED) is 0.608. The molecule has 9 heteroatoms. The summed E-state index contributed by atoms with van der Waals surface area (Å²) in [5, 5.41) is 11.7. The SMILES string of the molecule is COc1ccc(OC)c(C(C)NC(=O)COC(=O)C2CCN(c3ccc(C#N)cn3)CC2)c1. The molecule has 1 unspecified atom stereocenters. The van der Waals surface area contributed by atoms with Gasteiger partial charge in [-0.3, -0.25) is 9.59 Å². The van der Waals surface area contributed by atoms with E-state index in [1.165, 1.54) is 6.20 Å². The van der Waals surface area contributed by atoms with Crippen molar-refractivity contribution in [1.29, 1.82) is 5.26 Å². The van der Waals surface area contributed by atoms with Crippen molar-refractivity contribution >= 4 is 17.7 Å². The molecule has 1 aromatic carbocycles. The van der Waals surface area contributed by atoms with E-state index in [-0.39, 0.29) is 30.4 Å². The van der Waals surface area contributed by atoms with Crippen molar-refractivity contribution in [3.8, 4) is 17.6 Å². The van der Waals surface area contributed by atoms with Gasteiger partial charge in [-0.2, -0.15) is 5.26 Å². The van der Waals surface area contributed by atoms with Gasteiger partial charge < -0.3 is 24.4 Å². The van der Waals surface area contributed by atoms with Crippen molar-refractivity contribution in [3.05, 3.63) is 47.7 Å². The lowest BCUT2D eigenvalue weighted by Gasteiger charge is -2.31. The van der Waals surface area contributed by atoms with Crippen LogP contribution in [0.15, 0.2) is 36.5 Å². The third-order valence-electron chi connectivity index (χ3n) is 5.66. The average Bonchev–Trinajstić information content (AvgIpc) is 2.86. The van der Waals surface area contributed by atoms with E-state index in [1.807, 2.05) is 13.0 Å². The summed E-state index contributed by atoms with van der Waals surface area (Å²) in [6.45, 7) is 2.78. The van der Waals surface area contributed by atoms with Gasteiger partial charge in [0.2, 0.25) is 0 Å². The van der Waals surface area contributed by atoms with Gasteiger partial charge in [0.15, 0.2) is 6.61 Å². The molecule has 1 amide bonds. The topological polar surface area (TPSA) is 114 Å². The minimum atomic E-state index is -0.389. The number of hydrogen-bond donors (Lipinski definition) is 1. The Labute approximate surface area is 193 Å². The summed E-state index contributed by atoms with van der Waals surface area (Å²) < 4.78 is 15.9. The zero-order chi connectivity index (χ0) is 23.8. The second-order valence-electron chi connectivity index (χ2n) is 7.78. The standard InChI is InChI=1S/C24H28N4O5/c1-16(20-12-19(31-2)5-6-21(20)32-3)27-23(29)15-33-24(30)18-8-10-28(11-9-18)22-7-4-17(13-25)14-26-22/h4-7,12,14,16,18H,8-11,15H2,1-3H3,(H,27,29). The molecule has 9 nitrogen and oxygen atoms in total. The smallest absolute Gasteiger partial charge is 0.309 e. The summed E-state index contributed by atoms with van der Waals surface area (Å²) in [5.41, 5.74) is 1.27. The lowest BCUT2D eigenvalue weighted by molar-refractivity contribution is -0.153. The second-order valence-corrected chi connectivity index (χ2v) is 7.78. The summed E-state index contributed by atoms with van der Waals surface area (Å²) in [6.07, 6.45) is 2.76. The minimum Gasteiger partial charge on any atom is -0.497 e. The first-order chi connectivity index (χ1) is 15.9. The molecule has 33 heavy (non-hydrogen) atoms. The third-order valence-corrected chi connectivity index (χ3v) is 5.66. The van der Waals surface area contributed by atoms with Crippen molar-refractivity contribution in [1.82, 2.24) is 10.3 Å². The lowest BCUT2D eigenvalue weighted by atomic mass is 9.97. The first-order valence-corrected chi connectivity index (χ1v) is 10.7. The normalized spacial score (nSPS) is 14.7. The molecule has 0 saturated carbocycles. The highest BCUT2D eigenvalue weighted by Crippen LogP contribution is 2.29. The fourth-order valence-electron chi connectivity index (χ4n) is 3.78. The number of nitrogens with zero attached hydrogens (tertiary/aromatic N) is 3. The molecule has 1 aliphatic heterocycles. The first-order valence-electron chi connectivity index (χ1n) is 10.7. The number of rotatable bonds is 8. The van der Waals surface area contributed by atoms with Crippen LogP contribution in [0.4, 0.5) is 5.82 Å². The predicted octanol–water partition coefficient (Wildman–Crippen LogP) is 2.61. The van der Waals surface area contributed by atoms with Crippen molar-refractivity contribution in [2.75, 3.05) is 38.8 Å². The molecule has 1 fully saturated rings. The number of esters is 1. The minimum absolute atomic E-state index is 0.261. The van der Waals surface area contributed by atoms with Gasteiger partial charge in [0, 0.05) is 24.8 Å². The molecule has 0 bridgehead atoms. The molecule has 1 N–H and O–H groups in total. The Bertz CT molecular complexity index is 1010. The van der Waals surface area contributed by atoms with Crippen molar-refractivity contribution in [2.45, 2.75) is 25.8 Å². The van der Waals surface area contributed by atoms with Crippen molar-refractivity contribution in [2.24, 2.45) is 5.92 Å². The predicted molar refractivity (Wildman–Crippen MR) is 121 cm³/mol. The Morgan fingerprint density at radius 1 is 1.21 bits per heavy atom. The average molecular weight is 453 g/mol. The van der Waals surface area contributed by atoms with E-state index < -0.39 is 0 Å². The Hall–Kier alpha value is -3.80. The summed E-state index contributed by atoms with van der Waals surface area (Å²) >= 11 is 0. The number of hydrogen-bond acceptors (Lipinski definition) is 8. The third kappa shape index (κ3) is 6.13. The highest BCUT2D eigenvalue weighted by atomic mass is 16.5. The number of nitrogens with one attached hydrogen (secondary N) is 1. The van der Waals surface area contributed by atoms with E-state index >= 15 is 0 Å². The van der Waals surface area contributed by atoms with Gasteiger partial charge in [-0.1, -0.05) is 0 Å². The Morgan fingerprint density at radius 2 is 1.97 bits per heavy atom. The fraction of sp³-hybridized carbons (Fsp3) is 0.417. The molecule has 1 aromatic heterocycles. The molecule has 1 aliphatic rings. The summed E-state index contributed by atoms with van der Waals surface area (Å²) in [5.74, 6) is 1.04. The maximum atomic E-state index is 12.5. The van der Waals surface area contributed by atoms with Gasteiger partial charge in [-0.15, -0.1) is 0 Å². The molecular formula is C24H28N4O5. The van der Waals surface area contributed by atoms with E-state index in [9.17, 15) is 9.59 Å². The molecule has 3 rings (SSSR count). The van der Waals surface area contributed by atoms with Crippen molar-refractivity contribution < 1.29 is 23.8 Å². The van der Waals surface area contributed by atoms with Crippen LogP contribution in [0.3, 0.4) is 0 Å². The van der Waals surface area contributed by atoms with Gasteiger partial charge in [0.25, 0.3) is 5.91 Å². The summed E-state index contributed by atoms with van der Waals surface area (Å²) in [4.78, 5) is 31.2. The number of aromatic nitrogens is 1. The van der Waals surface area contributed by atoms with Gasteiger partial charge in [-0.05, 0) is 50.1 Å². The second kappa shape index (κ2) is 11.2.